The van der Waals surface area contributed by atoms with Crippen LogP contribution in [0.2, 0.25) is 0 Å². The second kappa shape index (κ2) is 9.74. The van der Waals surface area contributed by atoms with Crippen LogP contribution in [-0.2, 0) is 35.8 Å². The van der Waals surface area contributed by atoms with Crippen molar-refractivity contribution in [3.8, 4) is 5.75 Å². The average Bonchev–Trinajstić information content (AvgIpc) is 3.12. The minimum absolute atomic E-state index is 0.0658. The molecule has 11 nitrogen and oxygen atoms in total. The number of phosphoric ester groups is 1. The van der Waals surface area contributed by atoms with Crippen LogP contribution in [0.1, 0.15) is 84.0 Å². The molecule has 0 radical (unpaired) electrons. The highest BCUT2D eigenvalue weighted by atomic mass is 31.2. The van der Waals surface area contributed by atoms with Gasteiger partial charge in [0.15, 0.2) is 12.5 Å². The van der Waals surface area contributed by atoms with Gasteiger partial charge >= 0.3 is 13.5 Å². The number of rotatable bonds is 5. The zero-order valence-electron chi connectivity index (χ0n) is 24.2. The number of halogens is 2. The Morgan fingerprint density at radius 3 is 2.51 bits per heavy atom. The summed E-state index contributed by atoms with van der Waals surface area (Å²) < 4.78 is 82.7. The number of aromatic amines is 1. The van der Waals surface area contributed by atoms with Crippen molar-refractivity contribution in [2.75, 3.05) is 6.56 Å². The van der Waals surface area contributed by atoms with E-state index in [2.05, 4.69) is 0 Å². The van der Waals surface area contributed by atoms with Gasteiger partial charge in [-0.3, -0.25) is 28.2 Å². The molecule has 0 bridgehead atoms. The van der Waals surface area contributed by atoms with Crippen molar-refractivity contribution >= 4 is 14.1 Å². The maximum atomic E-state index is 16.0. The Labute approximate surface area is 225 Å². The molecule has 2 aromatic rings. The summed E-state index contributed by atoms with van der Waals surface area (Å²) in [6, 6.07) is 1.56. The zero-order chi connectivity index (χ0) is 30.9. The van der Waals surface area contributed by atoms with Crippen molar-refractivity contribution in [1.82, 2.24) is 9.55 Å². The number of aromatic nitrogens is 2. The van der Waals surface area contributed by atoms with E-state index < -0.39 is 79.1 Å². The van der Waals surface area contributed by atoms with E-state index in [-0.39, 0.29) is 17.6 Å². The Morgan fingerprint density at radius 1 is 1.28 bits per heavy atom. The number of aldehydes is 1. The quantitative estimate of drug-likeness (QED) is 0.403. The van der Waals surface area contributed by atoms with Crippen molar-refractivity contribution in [2.45, 2.75) is 83.6 Å². The number of alkyl halides is 1. The molecule has 4 rings (SSSR count). The summed E-state index contributed by atoms with van der Waals surface area (Å²) in [5.74, 6) is -4.39. The zero-order valence-corrected chi connectivity index (χ0v) is 23.1. The molecule has 1 aromatic heterocycles. The third kappa shape index (κ3) is 5.64. The predicted molar refractivity (Wildman–Crippen MR) is 134 cm³/mol. The Morgan fingerprint density at radius 2 is 1.92 bits per heavy atom. The molecular weight excluding hydrogens is 541 g/mol. The van der Waals surface area contributed by atoms with Gasteiger partial charge in [-0.25, -0.2) is 18.1 Å². The fourth-order valence-electron chi connectivity index (χ4n) is 4.25. The third-order valence-corrected chi connectivity index (χ3v) is 7.48. The van der Waals surface area contributed by atoms with E-state index in [9.17, 15) is 24.1 Å². The van der Waals surface area contributed by atoms with Crippen LogP contribution < -0.4 is 15.8 Å². The van der Waals surface area contributed by atoms with Crippen molar-refractivity contribution in [2.24, 2.45) is 0 Å². The first-order chi connectivity index (χ1) is 18.6. The molecular formula is C25H31F2N2O9P. The average molecular weight is 575 g/mol. The Kier molecular flexibility index (Phi) is 6.62. The van der Waals surface area contributed by atoms with Gasteiger partial charge in [-0.1, -0.05) is 41.5 Å². The van der Waals surface area contributed by atoms with E-state index in [1.165, 1.54) is 0 Å². The number of benzene rings is 1. The molecule has 214 valence electrons. The fourth-order valence-corrected chi connectivity index (χ4v) is 5.36. The highest BCUT2D eigenvalue weighted by molar-refractivity contribution is 7.49. The van der Waals surface area contributed by atoms with Gasteiger partial charge in [-0.2, -0.15) is 0 Å². The molecule has 3 heterocycles. The van der Waals surface area contributed by atoms with E-state index in [0.717, 1.165) is 0 Å². The molecule has 4 atom stereocenters. The first-order valence-electron chi connectivity index (χ1n) is 13.0. The van der Waals surface area contributed by atoms with E-state index in [4.69, 9.17) is 21.0 Å². The number of aliphatic hydroxyl groups excluding tert-OH is 1. The van der Waals surface area contributed by atoms with Crippen LogP contribution in [-0.4, -0.2) is 39.5 Å². The Bertz CT molecular complexity index is 1560. The molecule has 1 saturated heterocycles. The van der Waals surface area contributed by atoms with Crippen LogP contribution >= 0.6 is 7.82 Å². The van der Waals surface area contributed by atoms with Crippen molar-refractivity contribution in [1.29, 1.82) is 0 Å². The summed E-state index contributed by atoms with van der Waals surface area (Å²) in [7, 11) is -4.98. The Hall–Kier alpha value is -2.70. The van der Waals surface area contributed by atoms with Crippen molar-refractivity contribution < 1.29 is 44.3 Å². The fraction of sp³-hybridized carbons (Fsp3) is 0.560. The van der Waals surface area contributed by atoms with Gasteiger partial charge in [-0.05, 0) is 22.5 Å². The van der Waals surface area contributed by atoms with E-state index in [0.29, 0.717) is 21.9 Å². The molecule has 1 aromatic carbocycles. The van der Waals surface area contributed by atoms with Gasteiger partial charge in [0.2, 0.25) is 5.85 Å². The normalized spacial score (nSPS) is 28.3. The minimum Gasteiger partial charge on any atom is -0.403 e. The third-order valence-electron chi connectivity index (χ3n) is 6.31. The molecule has 2 N–H and O–H groups in total. The number of carbonyl (C=O) groups excluding carboxylic acids is 1. The maximum Gasteiger partial charge on any atom is 0.530 e. The number of H-pyrrole nitrogens is 1. The summed E-state index contributed by atoms with van der Waals surface area (Å²) in [6.07, 6.45) is -4.09. The highest BCUT2D eigenvalue weighted by Crippen LogP contribution is 2.58. The van der Waals surface area contributed by atoms with E-state index >= 15 is 8.78 Å². The number of nitrogens with zero attached hydrogens (tertiary/aromatic N) is 1. The molecule has 2 aliphatic rings. The number of nitrogens with one attached hydrogen (secondary N) is 1. The largest absolute Gasteiger partial charge is 0.530 e. The lowest BCUT2D eigenvalue weighted by molar-refractivity contribution is -0.179. The van der Waals surface area contributed by atoms with Gasteiger partial charge in [0.25, 0.3) is 5.56 Å². The van der Waals surface area contributed by atoms with Crippen molar-refractivity contribution in [3.05, 3.63) is 61.2 Å². The first kappa shape index (κ1) is 26.5. The van der Waals surface area contributed by atoms with E-state index in [1.807, 2.05) is 20.8 Å². The number of carbonyl (C=O) groups is 1. The van der Waals surface area contributed by atoms with Crippen LogP contribution in [0.5, 0.6) is 5.75 Å². The molecule has 0 amide bonds. The van der Waals surface area contributed by atoms with E-state index in [1.54, 1.807) is 31.8 Å². The second-order valence-corrected chi connectivity index (χ2v) is 13.0. The van der Waals surface area contributed by atoms with Gasteiger partial charge in [0.05, 0.1) is 20.5 Å². The van der Waals surface area contributed by atoms with Gasteiger partial charge in [0.1, 0.15) is 24.2 Å². The number of ether oxygens (including phenoxy) is 1. The standard InChI is InChI=1S/C25H31F2N2O9P/c1-23(2,3)15-7-16(24(4,5)6)19-14(18(15)26)11-35-39(34,38-19)36-12-25(27)8-17(31)21(37-25)29-9-13(10-30)20(32)28-22(29)33/h7,9-10,17,21,31H,8,11-12H2,1-6H3,(H,28,32,33)/t17-,21-,25+,39?/m1/s1/i12D2. The van der Waals surface area contributed by atoms with Crippen molar-refractivity contribution in [3.63, 3.8) is 0 Å². The smallest absolute Gasteiger partial charge is 0.403 e. The molecule has 0 saturated carbocycles. The molecule has 1 unspecified atom stereocenters. The lowest BCUT2D eigenvalue weighted by Gasteiger charge is -2.34. The van der Waals surface area contributed by atoms with Gasteiger partial charge < -0.3 is 14.4 Å². The lowest BCUT2D eigenvalue weighted by Crippen LogP contribution is -2.37. The summed E-state index contributed by atoms with van der Waals surface area (Å²) in [5, 5.41) is 10.4. The SMILES string of the molecule is [2H]C([2H])(OP1(=O)OCc2c(F)c(C(C)(C)C)cc(C(C)(C)C)c2O1)[C@]1(F)C[C@@H](O)[C@H](n2cc(C=O)c(=O)[nH]c2=O)O1. The number of aliphatic hydroxyl groups is 1. The number of fused-ring (bicyclic) bond motifs is 1. The summed E-state index contributed by atoms with van der Waals surface area (Å²) >= 11 is 0. The topological polar surface area (TPSA) is 146 Å². The summed E-state index contributed by atoms with van der Waals surface area (Å²) in [6.45, 7) is 6.56. The van der Waals surface area contributed by atoms with Crippen LogP contribution in [0.25, 0.3) is 0 Å². The maximum absolute atomic E-state index is 16.0. The summed E-state index contributed by atoms with van der Waals surface area (Å²) in [4.78, 5) is 36.9. The molecule has 39 heavy (non-hydrogen) atoms. The monoisotopic (exact) mass is 574 g/mol. The van der Waals surface area contributed by atoms with Gasteiger partial charge in [0, 0.05) is 18.2 Å². The van der Waals surface area contributed by atoms with Gasteiger partial charge in [-0.15, -0.1) is 0 Å². The van der Waals surface area contributed by atoms with Crippen LogP contribution in [0, 0.1) is 5.82 Å². The highest BCUT2D eigenvalue weighted by Gasteiger charge is 2.51. The van der Waals surface area contributed by atoms with Crippen LogP contribution in [0.15, 0.2) is 21.9 Å². The number of hydrogen-bond donors (Lipinski definition) is 2. The molecule has 0 aliphatic carbocycles. The second-order valence-electron chi connectivity index (χ2n) is 11.5. The lowest BCUT2D eigenvalue weighted by atomic mass is 9.78. The molecule has 1 fully saturated rings. The first-order valence-corrected chi connectivity index (χ1v) is 13.5. The number of phosphoric acid groups is 1. The Balaban J connectivity index is 1.68. The molecule has 2 aliphatic heterocycles. The molecule has 14 heteroatoms. The predicted octanol–water partition coefficient (Wildman–Crippen LogP) is 3.76. The minimum atomic E-state index is -4.98. The van der Waals surface area contributed by atoms with Crippen LogP contribution in [0.3, 0.4) is 0 Å². The summed E-state index contributed by atoms with van der Waals surface area (Å²) in [5.41, 5.74) is -3.34. The molecule has 0 spiro atoms. The number of hydrogen-bond acceptors (Lipinski definition) is 9. The van der Waals surface area contributed by atoms with Crippen LogP contribution in [0.4, 0.5) is 8.78 Å².